The van der Waals surface area contributed by atoms with Crippen molar-refractivity contribution in [3.63, 3.8) is 0 Å². The number of hydrogen-bond donors (Lipinski definition) is 2. The second-order valence-corrected chi connectivity index (χ2v) is 5.57. The van der Waals surface area contributed by atoms with E-state index in [0.29, 0.717) is 0 Å². The molecule has 14 heavy (non-hydrogen) atoms. The zero-order chi connectivity index (χ0) is 10.6. The average molecular weight is 232 g/mol. The first kappa shape index (κ1) is 11.4. The number of nitrogens with two attached hydrogens (primary N) is 1. The number of likely N-dealkylation sites (N-methyl/N-ethyl adjacent to an activating group) is 1. The normalized spacial score (nSPS) is 12.4. The van der Waals surface area contributed by atoms with Crippen LogP contribution in [0.5, 0.6) is 0 Å². The van der Waals surface area contributed by atoms with Crippen molar-refractivity contribution in [1.29, 1.82) is 0 Å². The van der Waals surface area contributed by atoms with E-state index < -0.39 is 10.0 Å². The smallest absolute Gasteiger partial charge is 0.247 e. The van der Waals surface area contributed by atoms with Gasteiger partial charge in [-0.1, -0.05) is 6.08 Å². The van der Waals surface area contributed by atoms with Crippen molar-refractivity contribution < 1.29 is 8.42 Å². The monoisotopic (exact) mass is 232 g/mol. The van der Waals surface area contributed by atoms with Crippen LogP contribution >= 0.6 is 11.3 Å². The number of nitrogens with one attached hydrogen (secondary N) is 1. The molecule has 0 aromatic carbocycles. The van der Waals surface area contributed by atoms with Crippen molar-refractivity contribution in [3.05, 3.63) is 23.1 Å². The Hall–Kier alpha value is -0.690. The van der Waals surface area contributed by atoms with Gasteiger partial charge in [-0.15, -0.1) is 11.3 Å². The van der Waals surface area contributed by atoms with Gasteiger partial charge in [-0.2, -0.15) is 0 Å². The molecule has 4 nitrogen and oxygen atoms in total. The predicted octanol–water partition coefficient (Wildman–Crippen LogP) is 0.628. The summed E-state index contributed by atoms with van der Waals surface area (Å²) < 4.78 is 22.1. The summed E-state index contributed by atoms with van der Waals surface area (Å²) in [5.74, 6) is 0. The second kappa shape index (κ2) is 4.70. The van der Waals surface area contributed by atoms with Gasteiger partial charge in [0.05, 0.1) is 0 Å². The van der Waals surface area contributed by atoms with Crippen LogP contribution in [0.4, 0.5) is 0 Å². The van der Waals surface area contributed by atoms with Crippen molar-refractivity contribution >= 4 is 27.4 Å². The fourth-order valence-electron chi connectivity index (χ4n) is 0.870. The Morgan fingerprint density at radius 2 is 2.29 bits per heavy atom. The van der Waals surface area contributed by atoms with Crippen molar-refractivity contribution in [2.45, 2.75) is 4.21 Å². The third-order valence-corrected chi connectivity index (χ3v) is 3.98. The first-order valence-electron chi connectivity index (χ1n) is 3.98. The molecule has 0 bridgehead atoms. The standard InChI is InChI=1S/C8H12N2O2S2/c1-10-6-2-3-7-4-5-8(13-7)14(9,11)12/h2-5,10H,6H2,1H3,(H2,9,11,12). The van der Waals surface area contributed by atoms with Crippen molar-refractivity contribution in [2.75, 3.05) is 13.6 Å². The Morgan fingerprint density at radius 3 is 2.79 bits per heavy atom. The molecule has 0 spiro atoms. The molecule has 6 heteroatoms. The molecule has 0 aliphatic carbocycles. The van der Waals surface area contributed by atoms with Gasteiger partial charge in [0.25, 0.3) is 0 Å². The predicted molar refractivity (Wildman–Crippen MR) is 58.7 cm³/mol. The highest BCUT2D eigenvalue weighted by atomic mass is 32.2. The Morgan fingerprint density at radius 1 is 1.57 bits per heavy atom. The van der Waals surface area contributed by atoms with Crippen LogP contribution in [0, 0.1) is 0 Å². The number of thiophene rings is 1. The van der Waals surface area contributed by atoms with Gasteiger partial charge >= 0.3 is 0 Å². The third kappa shape index (κ3) is 3.22. The number of sulfonamides is 1. The van der Waals surface area contributed by atoms with Gasteiger partial charge in [0.1, 0.15) is 4.21 Å². The zero-order valence-electron chi connectivity index (χ0n) is 7.73. The molecule has 78 valence electrons. The van der Waals surface area contributed by atoms with Crippen LogP contribution in [0.2, 0.25) is 0 Å². The van der Waals surface area contributed by atoms with Crippen LogP contribution in [0.1, 0.15) is 4.88 Å². The second-order valence-electron chi connectivity index (χ2n) is 2.66. The maximum absolute atomic E-state index is 10.9. The quantitative estimate of drug-likeness (QED) is 0.799. The largest absolute Gasteiger partial charge is 0.316 e. The Balaban J connectivity index is 2.79. The minimum atomic E-state index is -3.54. The molecule has 1 aromatic rings. The highest BCUT2D eigenvalue weighted by molar-refractivity contribution is 7.91. The van der Waals surface area contributed by atoms with E-state index in [1.807, 2.05) is 19.2 Å². The van der Waals surface area contributed by atoms with Crippen molar-refractivity contribution in [2.24, 2.45) is 5.14 Å². The van der Waals surface area contributed by atoms with Crippen LogP contribution in [0.25, 0.3) is 6.08 Å². The first-order valence-corrected chi connectivity index (χ1v) is 6.34. The van der Waals surface area contributed by atoms with Gasteiger partial charge in [0.15, 0.2) is 0 Å². The first-order chi connectivity index (χ1) is 6.54. The minimum Gasteiger partial charge on any atom is -0.316 e. The molecule has 0 fully saturated rings. The van der Waals surface area contributed by atoms with Gasteiger partial charge in [0, 0.05) is 11.4 Å². The number of rotatable bonds is 4. The molecular formula is C8H12N2O2S2. The van der Waals surface area contributed by atoms with Gasteiger partial charge in [-0.25, -0.2) is 13.6 Å². The van der Waals surface area contributed by atoms with E-state index in [9.17, 15) is 8.42 Å². The molecule has 0 unspecified atom stereocenters. The zero-order valence-corrected chi connectivity index (χ0v) is 9.36. The molecule has 0 saturated carbocycles. The van der Waals surface area contributed by atoms with Crippen LogP contribution in [0.3, 0.4) is 0 Å². The van der Waals surface area contributed by atoms with Crippen LogP contribution < -0.4 is 10.5 Å². The molecular weight excluding hydrogens is 220 g/mol. The summed E-state index contributed by atoms with van der Waals surface area (Å²) in [6, 6.07) is 3.25. The average Bonchev–Trinajstić information content (AvgIpc) is 2.52. The molecule has 1 heterocycles. The SMILES string of the molecule is CNCC=Cc1ccc(S(N)(=O)=O)s1. The fourth-order valence-corrected chi connectivity index (χ4v) is 2.55. The summed E-state index contributed by atoms with van der Waals surface area (Å²) in [4.78, 5) is 0.879. The Labute approximate surface area is 87.5 Å². The van der Waals surface area contributed by atoms with Crippen LogP contribution in [-0.4, -0.2) is 22.0 Å². The van der Waals surface area contributed by atoms with Crippen LogP contribution in [0.15, 0.2) is 22.4 Å². The summed E-state index contributed by atoms with van der Waals surface area (Å²) in [6.07, 6.45) is 3.77. The lowest BCUT2D eigenvalue weighted by atomic mass is 10.4. The van der Waals surface area contributed by atoms with Gasteiger partial charge < -0.3 is 5.32 Å². The van der Waals surface area contributed by atoms with Crippen LogP contribution in [-0.2, 0) is 10.0 Å². The van der Waals surface area contributed by atoms with Gasteiger partial charge in [0.2, 0.25) is 10.0 Å². The summed E-state index contributed by atoms with van der Waals surface area (Å²) in [5.41, 5.74) is 0. The third-order valence-electron chi connectivity index (χ3n) is 1.49. The molecule has 0 amide bonds. The molecule has 1 aromatic heterocycles. The van der Waals surface area contributed by atoms with E-state index in [1.165, 1.54) is 6.07 Å². The topological polar surface area (TPSA) is 72.2 Å². The number of primary sulfonamides is 1. The van der Waals surface area contributed by atoms with Gasteiger partial charge in [-0.05, 0) is 25.3 Å². The van der Waals surface area contributed by atoms with E-state index in [4.69, 9.17) is 5.14 Å². The van der Waals surface area contributed by atoms with E-state index in [-0.39, 0.29) is 4.21 Å². The molecule has 3 N–H and O–H groups in total. The van der Waals surface area contributed by atoms with E-state index in [1.54, 1.807) is 6.07 Å². The highest BCUT2D eigenvalue weighted by Crippen LogP contribution is 2.21. The maximum Gasteiger partial charge on any atom is 0.247 e. The molecule has 0 radical (unpaired) electrons. The number of hydrogen-bond acceptors (Lipinski definition) is 4. The maximum atomic E-state index is 10.9. The summed E-state index contributed by atoms with van der Waals surface area (Å²) in [5, 5.41) is 7.92. The lowest BCUT2D eigenvalue weighted by Gasteiger charge is -1.89. The minimum absolute atomic E-state index is 0.196. The van der Waals surface area contributed by atoms with E-state index in [0.717, 1.165) is 22.8 Å². The lowest BCUT2D eigenvalue weighted by Crippen LogP contribution is -2.09. The Kier molecular flexibility index (Phi) is 3.82. The van der Waals surface area contributed by atoms with Crippen molar-refractivity contribution in [3.8, 4) is 0 Å². The fraction of sp³-hybridized carbons (Fsp3) is 0.250. The highest BCUT2D eigenvalue weighted by Gasteiger charge is 2.09. The molecule has 0 aliphatic heterocycles. The lowest BCUT2D eigenvalue weighted by molar-refractivity contribution is 0.600. The molecule has 0 saturated heterocycles. The molecule has 0 atom stereocenters. The van der Waals surface area contributed by atoms with Gasteiger partial charge in [-0.3, -0.25) is 0 Å². The molecule has 0 aliphatic rings. The van der Waals surface area contributed by atoms with E-state index >= 15 is 0 Å². The molecule has 1 rings (SSSR count). The van der Waals surface area contributed by atoms with Crippen molar-refractivity contribution in [1.82, 2.24) is 5.32 Å². The van der Waals surface area contributed by atoms with E-state index in [2.05, 4.69) is 5.32 Å². The summed E-state index contributed by atoms with van der Waals surface area (Å²) in [6.45, 7) is 0.753. The summed E-state index contributed by atoms with van der Waals surface area (Å²) in [7, 11) is -1.70. The summed E-state index contributed by atoms with van der Waals surface area (Å²) >= 11 is 1.16. The Bertz CT molecular complexity index is 420.